The maximum Gasteiger partial charge on any atom is 0.246 e. The summed E-state index contributed by atoms with van der Waals surface area (Å²) in [7, 11) is 0. The topological polar surface area (TPSA) is 144 Å². The number of fused-ring (bicyclic) bond motifs is 1. The standard InChI is InChI=1S/C25H27N5O4/c1-16(31)28-23(13-17-15-27-21-10-6-5-9-20(17)21)25(34)30-22(12-11-19(32)14-26)24(33)29-18-7-3-2-4-8-18/h2-10,14-15,22-23,26-27H,11-13H2,1H3,(H,28,31)(H,29,33)(H,30,34)/t22-,23-/m0/s1. The van der Waals surface area contributed by atoms with Crippen LogP contribution in [-0.2, 0) is 25.6 Å². The van der Waals surface area contributed by atoms with Gasteiger partial charge in [0, 0.05) is 42.6 Å². The van der Waals surface area contributed by atoms with Gasteiger partial charge in [-0.2, -0.15) is 0 Å². The van der Waals surface area contributed by atoms with Gasteiger partial charge >= 0.3 is 0 Å². The van der Waals surface area contributed by atoms with Gasteiger partial charge in [0.25, 0.3) is 0 Å². The second kappa shape index (κ2) is 11.6. The van der Waals surface area contributed by atoms with Crippen molar-refractivity contribution in [3.05, 3.63) is 66.4 Å². The molecular formula is C25H27N5O4. The highest BCUT2D eigenvalue weighted by Gasteiger charge is 2.27. The molecule has 0 saturated heterocycles. The van der Waals surface area contributed by atoms with Crippen molar-refractivity contribution in [3.63, 3.8) is 0 Å². The van der Waals surface area contributed by atoms with E-state index in [0.717, 1.165) is 16.5 Å². The van der Waals surface area contributed by atoms with Crippen LogP contribution in [0.1, 0.15) is 25.3 Å². The van der Waals surface area contributed by atoms with Gasteiger partial charge in [-0.05, 0) is 30.2 Å². The van der Waals surface area contributed by atoms with Crippen LogP contribution in [0.4, 0.5) is 5.69 Å². The van der Waals surface area contributed by atoms with Crippen molar-refractivity contribution in [1.82, 2.24) is 15.6 Å². The van der Waals surface area contributed by atoms with Gasteiger partial charge in [0.05, 0.1) is 6.21 Å². The highest BCUT2D eigenvalue weighted by Crippen LogP contribution is 2.19. The SMILES string of the molecule is CC(=O)N[C@@H](Cc1c[nH]c2ccccc12)C(=O)N[C@@H](CCC(=O)C=N)C(=O)Nc1ccccc1. The molecule has 2 atom stereocenters. The van der Waals surface area contributed by atoms with E-state index in [2.05, 4.69) is 20.9 Å². The Morgan fingerprint density at radius 3 is 2.35 bits per heavy atom. The number of ketones is 1. The van der Waals surface area contributed by atoms with Gasteiger partial charge in [-0.25, -0.2) is 0 Å². The van der Waals surface area contributed by atoms with Crippen molar-refractivity contribution in [1.29, 1.82) is 5.41 Å². The maximum absolute atomic E-state index is 13.2. The zero-order valence-electron chi connectivity index (χ0n) is 18.8. The molecule has 0 unspecified atom stereocenters. The number of nitrogens with one attached hydrogen (secondary N) is 5. The molecule has 9 nitrogen and oxygen atoms in total. The molecule has 2 aromatic carbocycles. The van der Waals surface area contributed by atoms with Crippen LogP contribution >= 0.6 is 0 Å². The van der Waals surface area contributed by atoms with Crippen molar-refractivity contribution < 1.29 is 19.2 Å². The van der Waals surface area contributed by atoms with E-state index >= 15 is 0 Å². The second-order valence-corrected chi connectivity index (χ2v) is 7.88. The van der Waals surface area contributed by atoms with Gasteiger partial charge in [-0.1, -0.05) is 36.4 Å². The molecule has 3 rings (SSSR count). The Bertz CT molecular complexity index is 1190. The summed E-state index contributed by atoms with van der Waals surface area (Å²) in [4.78, 5) is 52.7. The predicted molar refractivity (Wildman–Crippen MR) is 130 cm³/mol. The number of carbonyl (C=O) groups is 4. The number of aromatic nitrogens is 1. The minimum absolute atomic E-state index is 0.0124. The van der Waals surface area contributed by atoms with Crippen molar-refractivity contribution in [3.8, 4) is 0 Å². The van der Waals surface area contributed by atoms with Crippen LogP contribution in [0, 0.1) is 5.41 Å². The maximum atomic E-state index is 13.2. The molecule has 176 valence electrons. The van der Waals surface area contributed by atoms with Gasteiger partial charge in [0.15, 0.2) is 5.78 Å². The Labute approximate surface area is 196 Å². The van der Waals surface area contributed by atoms with Gasteiger partial charge in [0.1, 0.15) is 12.1 Å². The molecule has 5 N–H and O–H groups in total. The molecule has 0 fully saturated rings. The van der Waals surface area contributed by atoms with E-state index in [9.17, 15) is 19.2 Å². The number of aromatic amines is 1. The van der Waals surface area contributed by atoms with E-state index in [1.807, 2.05) is 24.3 Å². The van der Waals surface area contributed by atoms with Crippen LogP contribution in [0.15, 0.2) is 60.8 Å². The second-order valence-electron chi connectivity index (χ2n) is 7.88. The number of hydrogen-bond donors (Lipinski definition) is 5. The fourth-order valence-electron chi connectivity index (χ4n) is 3.63. The molecule has 0 saturated carbocycles. The molecule has 0 bridgehead atoms. The van der Waals surface area contributed by atoms with Gasteiger partial charge in [-0.3, -0.25) is 19.2 Å². The van der Waals surface area contributed by atoms with Crippen molar-refractivity contribution in [2.75, 3.05) is 5.32 Å². The largest absolute Gasteiger partial charge is 0.361 e. The molecule has 9 heteroatoms. The number of benzene rings is 2. The number of anilines is 1. The molecule has 3 aromatic rings. The van der Waals surface area contributed by atoms with E-state index in [0.29, 0.717) is 11.9 Å². The van der Waals surface area contributed by atoms with Crippen LogP contribution in [0.25, 0.3) is 10.9 Å². The summed E-state index contributed by atoms with van der Waals surface area (Å²) in [6, 6.07) is 14.4. The zero-order chi connectivity index (χ0) is 24.5. The molecule has 0 spiro atoms. The molecule has 0 aliphatic heterocycles. The molecule has 34 heavy (non-hydrogen) atoms. The molecular weight excluding hydrogens is 434 g/mol. The summed E-state index contributed by atoms with van der Waals surface area (Å²) in [5.41, 5.74) is 2.29. The first-order valence-corrected chi connectivity index (χ1v) is 10.9. The summed E-state index contributed by atoms with van der Waals surface area (Å²) in [6.07, 6.45) is 2.62. The first-order chi connectivity index (χ1) is 16.4. The fraction of sp³-hybridized carbons (Fsp3) is 0.240. The van der Waals surface area contributed by atoms with E-state index in [-0.39, 0.29) is 25.2 Å². The van der Waals surface area contributed by atoms with Crippen molar-refractivity contribution in [2.45, 2.75) is 38.3 Å². The van der Waals surface area contributed by atoms with Crippen molar-refractivity contribution in [2.24, 2.45) is 0 Å². The van der Waals surface area contributed by atoms with Crippen LogP contribution < -0.4 is 16.0 Å². The smallest absolute Gasteiger partial charge is 0.246 e. The van der Waals surface area contributed by atoms with Gasteiger partial charge in [-0.15, -0.1) is 0 Å². The van der Waals surface area contributed by atoms with Crippen LogP contribution in [0.3, 0.4) is 0 Å². The lowest BCUT2D eigenvalue weighted by molar-refractivity contribution is -0.130. The van der Waals surface area contributed by atoms with E-state index in [1.165, 1.54) is 6.92 Å². The first-order valence-electron chi connectivity index (χ1n) is 10.9. The van der Waals surface area contributed by atoms with Gasteiger partial charge in [0.2, 0.25) is 17.7 Å². The minimum Gasteiger partial charge on any atom is -0.361 e. The number of carbonyl (C=O) groups excluding carboxylic acids is 4. The normalized spacial score (nSPS) is 12.4. The number of Topliss-reactive ketones (excluding diaryl/α,β-unsaturated/α-hetero) is 1. The van der Waals surface area contributed by atoms with Crippen LogP contribution in [0.2, 0.25) is 0 Å². The Hall–Kier alpha value is -4.27. The molecule has 0 aliphatic carbocycles. The number of amides is 3. The van der Waals surface area contributed by atoms with E-state index in [1.54, 1.807) is 36.5 Å². The number of H-pyrrole nitrogens is 1. The highest BCUT2D eigenvalue weighted by molar-refractivity contribution is 6.26. The Balaban J connectivity index is 1.78. The summed E-state index contributed by atoms with van der Waals surface area (Å²) in [5, 5.41) is 16.1. The van der Waals surface area contributed by atoms with E-state index in [4.69, 9.17) is 5.41 Å². The van der Waals surface area contributed by atoms with Gasteiger partial charge < -0.3 is 26.3 Å². The Morgan fingerprint density at radius 1 is 0.941 bits per heavy atom. The third-order valence-corrected chi connectivity index (χ3v) is 5.31. The summed E-state index contributed by atoms with van der Waals surface area (Å²) in [5.74, 6) is -1.88. The third-order valence-electron chi connectivity index (χ3n) is 5.31. The quantitative estimate of drug-likeness (QED) is 0.279. The number of rotatable bonds is 11. The van der Waals surface area contributed by atoms with E-state index < -0.39 is 29.7 Å². The molecule has 0 radical (unpaired) electrons. The predicted octanol–water partition coefficient (Wildman–Crippen LogP) is 2.34. The average molecular weight is 462 g/mol. The number of para-hydroxylation sites is 2. The fourth-order valence-corrected chi connectivity index (χ4v) is 3.63. The Morgan fingerprint density at radius 2 is 1.65 bits per heavy atom. The Kier molecular flexibility index (Phi) is 8.28. The monoisotopic (exact) mass is 461 g/mol. The van der Waals surface area contributed by atoms with Crippen LogP contribution in [-0.4, -0.2) is 46.8 Å². The third kappa shape index (κ3) is 6.61. The summed E-state index contributed by atoms with van der Waals surface area (Å²) < 4.78 is 0. The first kappa shape index (κ1) is 24.4. The lowest BCUT2D eigenvalue weighted by Gasteiger charge is -2.23. The highest BCUT2D eigenvalue weighted by atomic mass is 16.2. The molecule has 1 aromatic heterocycles. The van der Waals surface area contributed by atoms with Crippen LogP contribution in [0.5, 0.6) is 0 Å². The summed E-state index contributed by atoms with van der Waals surface area (Å²) in [6.45, 7) is 1.32. The zero-order valence-corrected chi connectivity index (χ0v) is 18.8. The molecule has 3 amide bonds. The minimum atomic E-state index is -1.03. The lowest BCUT2D eigenvalue weighted by atomic mass is 10.0. The average Bonchev–Trinajstić information content (AvgIpc) is 3.24. The lowest BCUT2D eigenvalue weighted by Crippen LogP contribution is -2.53. The summed E-state index contributed by atoms with van der Waals surface area (Å²) >= 11 is 0. The number of hydrogen-bond acceptors (Lipinski definition) is 5. The molecule has 1 heterocycles. The molecule has 0 aliphatic rings. The van der Waals surface area contributed by atoms with Crippen molar-refractivity contribution >= 4 is 46.3 Å².